The molecule has 76 heavy (non-hydrogen) atoms. The molecule has 13 nitrogen and oxygen atoms in total. The monoisotopic (exact) mass is 1230 g/mol. The number of carbonyl (C=O) groups is 2. The first-order valence-corrected chi connectivity index (χ1v) is 31.4. The van der Waals surface area contributed by atoms with Crippen LogP contribution in [0.25, 0.3) is 0 Å². The van der Waals surface area contributed by atoms with Crippen LogP contribution in [0.2, 0.25) is 0 Å². The molecule has 0 aromatic heterocycles. The SMILES string of the molecule is C[N+]1(C)CCCO[B-]12OCc1ccc(CO)cc12.O=C1c2ccccc2C(=O)N1Cc1ccc2c(c1)B(O)OC2.OB1OCc2ccc(CI)cc21.S=P[P+](c1ccccc1)(c1ccccc1)c1ccccc1.[O]=[Mn]=[O]. The van der Waals surface area contributed by atoms with E-state index in [2.05, 4.69) is 140 Å². The van der Waals surface area contributed by atoms with Crippen LogP contribution in [-0.2, 0) is 90.3 Å². The second-order valence-corrected chi connectivity index (χ2v) is 26.7. The van der Waals surface area contributed by atoms with E-state index in [9.17, 15) is 24.7 Å². The summed E-state index contributed by atoms with van der Waals surface area (Å²) >= 11 is 6.52. The molecule has 1 spiro atoms. The molecule has 7 aromatic carbocycles. The van der Waals surface area contributed by atoms with Gasteiger partial charge in [0.15, 0.2) is 14.0 Å². The van der Waals surface area contributed by atoms with Gasteiger partial charge in [-0.1, -0.05) is 149 Å². The average molecular weight is 1230 g/mol. The molecule has 2 amide bonds. The van der Waals surface area contributed by atoms with Crippen molar-refractivity contribution in [2.24, 2.45) is 0 Å². The second kappa shape index (κ2) is 26.3. The molecule has 21 heteroatoms. The second-order valence-electron chi connectivity index (χ2n) is 19.0. The average Bonchev–Trinajstić information content (AvgIpc) is 4.22. The normalized spacial score (nSPS) is 17.4. The number of aliphatic hydroxyl groups excluding tert-OH is 1. The summed E-state index contributed by atoms with van der Waals surface area (Å²) in [6.45, 7) is 0.397. The molecule has 389 valence electrons. The molecule has 5 aliphatic heterocycles. The van der Waals surface area contributed by atoms with Gasteiger partial charge in [-0.3, -0.25) is 14.5 Å². The molecule has 0 radical (unpaired) electrons. The van der Waals surface area contributed by atoms with E-state index >= 15 is 0 Å². The minimum absolute atomic E-state index is 0.0624. The summed E-state index contributed by atoms with van der Waals surface area (Å²) in [5, 5.41) is 32.5. The van der Waals surface area contributed by atoms with E-state index in [1.807, 2.05) is 36.4 Å². The Balaban J connectivity index is 0.000000134. The van der Waals surface area contributed by atoms with Crippen LogP contribution in [0.1, 0.15) is 60.5 Å². The number of aliphatic hydroxyl groups is 1. The first-order chi connectivity index (χ1) is 36.8. The fourth-order valence-corrected chi connectivity index (χ4v) is 18.2. The Morgan fingerprint density at radius 3 is 1.59 bits per heavy atom. The Labute approximate surface area is 470 Å². The van der Waals surface area contributed by atoms with Crippen LogP contribution in [0.3, 0.4) is 0 Å². The number of nitrogens with zero attached hydrogens (tertiary/aromatic N) is 2. The van der Waals surface area contributed by atoms with Gasteiger partial charge < -0.3 is 38.2 Å². The van der Waals surface area contributed by atoms with E-state index in [1.165, 1.54) is 31.9 Å². The number of imide groups is 1. The molecule has 3 N–H and O–H groups in total. The molecular weight excluding hydrogens is 1170 g/mol. The molecule has 1 saturated heterocycles. The summed E-state index contributed by atoms with van der Waals surface area (Å²) in [6.07, 6.45) is 1.06. The van der Waals surface area contributed by atoms with Crippen LogP contribution in [-0.4, -0.2) is 84.4 Å². The number of hydrogen-bond acceptors (Lipinski definition) is 12. The van der Waals surface area contributed by atoms with E-state index in [-0.39, 0.29) is 25.0 Å². The summed E-state index contributed by atoms with van der Waals surface area (Å²) in [4.78, 5) is 25.9. The maximum absolute atomic E-state index is 12.3. The molecule has 0 saturated carbocycles. The summed E-state index contributed by atoms with van der Waals surface area (Å²) in [6, 6.07) is 56.6. The van der Waals surface area contributed by atoms with Crippen molar-refractivity contribution in [2.75, 3.05) is 27.2 Å². The van der Waals surface area contributed by atoms with Gasteiger partial charge in [0.2, 0.25) is 0 Å². The van der Waals surface area contributed by atoms with Crippen molar-refractivity contribution >= 4 is 113 Å². The first kappa shape index (κ1) is 57.5. The number of rotatable bonds is 8. The standard InChI is InChI=1S/C18H15P2S.C16H12BNO4.C13H20BNO3.C8H8BIO2.Mn.2O/c21-19-20(16-10-4-1-5-11-16,17-12-6-2-7-13-17)18-14-8-3-9-15-18;19-15-12-3-1-2-4-13(12)16(20)18(15)8-10-5-6-11-9-22-17(21)14(11)7-10;1-15(2)6-3-7-17-14(15)13-8-11(9-16)4-5-12(13)10-18-14;10-4-6-1-2-7-5-12-9(11)8(7)3-6;;;/h1-15H;1-7,21H,8-9H2;4-5,8,16H,3,6-7,9-10H2,1-2H3;1-3,11H,4-5H2;;;/q+1;;;;;;. The van der Waals surface area contributed by atoms with Crippen LogP contribution in [0.5, 0.6) is 0 Å². The molecule has 0 aliphatic carbocycles. The van der Waals surface area contributed by atoms with Crippen molar-refractivity contribution in [3.05, 3.63) is 214 Å². The van der Waals surface area contributed by atoms with Crippen molar-refractivity contribution in [3.8, 4) is 0 Å². The number of fused-ring (bicyclic) bond motifs is 5. The Bertz CT molecular complexity index is 3090. The third kappa shape index (κ3) is 12.3. The topological polar surface area (TPSA) is 169 Å². The van der Waals surface area contributed by atoms with Crippen LogP contribution in [0.15, 0.2) is 170 Å². The minimum atomic E-state index is -1.75. The predicted octanol–water partition coefficient (Wildman–Crippen LogP) is 5.96. The molecule has 1 fully saturated rings. The van der Waals surface area contributed by atoms with Crippen molar-refractivity contribution in [1.82, 2.24) is 4.90 Å². The third-order valence-electron chi connectivity index (χ3n) is 14.0. The Hall–Kier alpha value is -4.65. The van der Waals surface area contributed by atoms with E-state index in [0.29, 0.717) is 36.4 Å². The number of hydrogen-bond donors (Lipinski definition) is 3. The van der Waals surface area contributed by atoms with Gasteiger partial charge in [-0.2, -0.15) is 0 Å². The van der Waals surface area contributed by atoms with Crippen molar-refractivity contribution in [2.45, 2.75) is 43.8 Å². The van der Waals surface area contributed by atoms with Gasteiger partial charge in [0.25, 0.3) is 11.8 Å². The predicted molar refractivity (Wildman–Crippen MR) is 307 cm³/mol. The zero-order valence-electron chi connectivity index (χ0n) is 41.8. The fraction of sp³-hybridized carbons (Fsp3) is 0.200. The zero-order chi connectivity index (χ0) is 53.9. The number of benzene rings is 7. The van der Waals surface area contributed by atoms with Gasteiger partial charge in [-0.25, -0.2) is 0 Å². The quantitative estimate of drug-likeness (QED) is 0.0539. The number of amides is 2. The fourth-order valence-electron chi connectivity index (χ4n) is 10.1. The van der Waals surface area contributed by atoms with Crippen LogP contribution < -0.4 is 32.3 Å². The van der Waals surface area contributed by atoms with E-state index in [0.717, 1.165) is 68.6 Å². The molecule has 1 atom stereocenters. The van der Waals surface area contributed by atoms with Gasteiger partial charge in [0, 0.05) is 44.7 Å². The first-order valence-electron chi connectivity index (χ1n) is 24.5. The number of carbonyl (C=O) groups excluding carboxylic acids is 2. The third-order valence-corrected chi connectivity index (χ3v) is 23.3. The zero-order valence-corrected chi connectivity index (χ0v) is 47.8. The Kier molecular flexibility index (Phi) is 19.9. The van der Waals surface area contributed by atoms with Gasteiger partial charge >= 0.3 is 43.4 Å². The molecule has 7 aromatic rings. The van der Waals surface area contributed by atoms with E-state index in [1.54, 1.807) is 30.3 Å². The molecule has 5 heterocycles. The van der Waals surface area contributed by atoms with Crippen molar-refractivity contribution in [3.63, 3.8) is 0 Å². The van der Waals surface area contributed by atoms with Gasteiger partial charge in [0.1, 0.15) is 15.9 Å². The Morgan fingerprint density at radius 2 is 1.12 bits per heavy atom. The van der Waals surface area contributed by atoms with Crippen LogP contribution >= 0.6 is 36.6 Å². The molecule has 5 aliphatic rings. The van der Waals surface area contributed by atoms with Gasteiger partial charge in [-0.05, 0) is 105 Å². The summed E-state index contributed by atoms with van der Waals surface area (Å²) in [5.41, 5.74) is 9.85. The summed E-state index contributed by atoms with van der Waals surface area (Å²) in [7, 11) is 3.70. The molecule has 12 rings (SSSR count). The number of alkyl halides is 1. The van der Waals surface area contributed by atoms with Gasteiger partial charge in [0.05, 0.1) is 37.5 Å². The van der Waals surface area contributed by atoms with E-state index < -0.39 is 42.7 Å². The number of halogens is 1. The van der Waals surface area contributed by atoms with Crippen molar-refractivity contribution in [1.29, 1.82) is 0 Å². The van der Waals surface area contributed by atoms with Crippen LogP contribution in [0, 0.1) is 0 Å². The molecule has 0 bridgehead atoms. The van der Waals surface area contributed by atoms with Crippen LogP contribution in [0.4, 0.5) is 0 Å². The molecular formula is C55H55B3IMnN2O11P2S+. The van der Waals surface area contributed by atoms with Crippen molar-refractivity contribution < 1.29 is 70.2 Å². The van der Waals surface area contributed by atoms with E-state index in [4.69, 9.17) is 38.1 Å². The molecule has 1 unspecified atom stereocenters. The maximum atomic E-state index is 12.3. The summed E-state index contributed by atoms with van der Waals surface area (Å²) in [5.74, 6) is -0.559. The summed E-state index contributed by atoms with van der Waals surface area (Å²) < 4.78 is 40.9. The Morgan fingerprint density at radius 1 is 0.658 bits per heavy atom. The van der Waals surface area contributed by atoms with Gasteiger partial charge in [-0.15, -0.1) is 0 Å². The number of quaternary nitrogens is 1.